The lowest BCUT2D eigenvalue weighted by molar-refractivity contribution is -0.161. The first-order chi connectivity index (χ1) is 46.8. The molecule has 99 heavy (non-hydrogen) atoms. The molecule has 21 nitrogen and oxygen atoms in total. The number of methoxy groups -OCH3 is 2. The van der Waals surface area contributed by atoms with Gasteiger partial charge in [0, 0.05) is 109 Å². The number of imide groups is 1. The van der Waals surface area contributed by atoms with E-state index in [2.05, 4.69) is 15.5 Å². The molecule has 0 unspecified atom stereocenters. The number of halogens is 3. The Morgan fingerprint density at radius 1 is 0.707 bits per heavy atom. The van der Waals surface area contributed by atoms with E-state index in [0.717, 1.165) is 22.6 Å². The number of aliphatic hydroxyl groups excluding tert-OH is 1. The molecule has 2 aromatic rings. The van der Waals surface area contributed by atoms with Crippen LogP contribution >= 0.6 is 0 Å². The lowest BCUT2D eigenvalue weighted by Gasteiger charge is -2.41. The zero-order chi connectivity index (χ0) is 73.4. The number of carbonyl (C=O) groups excluding carboxylic acids is 9. The minimum Gasteiger partial charge on any atom is -0.445 e. The monoisotopic (exact) mass is 1390 g/mol. The number of aliphatic hydroxyl groups is 1. The van der Waals surface area contributed by atoms with Crippen molar-refractivity contribution in [3.05, 3.63) is 77.9 Å². The van der Waals surface area contributed by atoms with Crippen molar-refractivity contribution in [2.45, 2.75) is 214 Å². The predicted octanol–water partition coefficient (Wildman–Crippen LogP) is 10.4. The van der Waals surface area contributed by atoms with Gasteiger partial charge in [0.1, 0.15) is 18.4 Å². The number of hydrogen-bond donors (Lipinski definition) is 3. The van der Waals surface area contributed by atoms with Gasteiger partial charge < -0.3 is 44.1 Å². The van der Waals surface area contributed by atoms with Crippen LogP contribution in [0.15, 0.2) is 66.7 Å². The molecule has 0 radical (unpaired) electrons. The SMILES string of the molecule is CC[C@H](C)[C@@H]([C@@H](CC(=O)N1CCC[C@H]1[C@H](OC)[C@@H](C)C(=O)C[C@H](C)[C@@H](O)c1ccccc1)OC)N(C)C(=O)[C@@H](CC(=O)[C@H](C(C)C)N(C)C(=O)OCc1ccc(NC(=O)[C@H](CCCN2CCOCC2)CC(=O)[C@@H](N[C@H](CCCCCN2C(=O)C=CC2=O)C(F)(F)F)C(C)C)cc1)C(C)C. The molecule has 2 fully saturated rings. The first-order valence-electron chi connectivity index (χ1n) is 35.7. The molecule has 0 aliphatic carbocycles. The van der Waals surface area contributed by atoms with Crippen LogP contribution in [0.3, 0.4) is 0 Å². The zero-order valence-electron chi connectivity index (χ0n) is 61.1. The largest absolute Gasteiger partial charge is 0.445 e. The second kappa shape index (κ2) is 40.3. The van der Waals surface area contributed by atoms with Crippen LogP contribution in [0.2, 0.25) is 0 Å². The first-order valence-corrected chi connectivity index (χ1v) is 35.7. The molecule has 0 spiro atoms. The Labute approximate surface area is 585 Å². The smallest absolute Gasteiger partial charge is 0.410 e. The highest BCUT2D eigenvalue weighted by atomic mass is 19.4. The lowest BCUT2D eigenvalue weighted by Crippen LogP contribution is -2.54. The molecule has 2 aromatic carbocycles. The van der Waals surface area contributed by atoms with E-state index in [1.165, 1.54) is 19.1 Å². The lowest BCUT2D eigenvalue weighted by atomic mass is 9.83. The van der Waals surface area contributed by atoms with Crippen molar-refractivity contribution in [1.82, 2.24) is 29.8 Å². The van der Waals surface area contributed by atoms with Crippen molar-refractivity contribution in [2.24, 2.45) is 47.3 Å². The van der Waals surface area contributed by atoms with Gasteiger partial charge in [-0.3, -0.25) is 53.5 Å². The Morgan fingerprint density at radius 3 is 1.93 bits per heavy atom. The molecule has 3 heterocycles. The Balaban J connectivity index is 1.20. The summed E-state index contributed by atoms with van der Waals surface area (Å²) in [7, 11) is 6.22. The first kappa shape index (κ1) is 83.2. The van der Waals surface area contributed by atoms with Gasteiger partial charge in [0.05, 0.1) is 62.1 Å². The number of unbranched alkanes of at least 4 members (excludes halogenated alkanes) is 2. The molecular formula is C75H114F3N7O14. The van der Waals surface area contributed by atoms with Crippen LogP contribution in [0.5, 0.6) is 0 Å². The number of nitrogens with zero attached hydrogens (tertiary/aromatic N) is 5. The summed E-state index contributed by atoms with van der Waals surface area (Å²) in [5, 5.41) is 16.5. The van der Waals surface area contributed by atoms with Gasteiger partial charge >= 0.3 is 12.3 Å². The van der Waals surface area contributed by atoms with Crippen LogP contribution in [0.4, 0.5) is 23.7 Å². The summed E-state index contributed by atoms with van der Waals surface area (Å²) in [6.07, 6.45) is -2.60. The second-order valence-corrected chi connectivity index (χ2v) is 28.6. The number of nitrogens with one attached hydrogen (secondary N) is 2. The van der Waals surface area contributed by atoms with Crippen LogP contribution in [-0.2, 0) is 63.9 Å². The van der Waals surface area contributed by atoms with Crippen LogP contribution in [-0.4, -0.2) is 205 Å². The van der Waals surface area contributed by atoms with Crippen molar-refractivity contribution in [1.29, 1.82) is 0 Å². The third-order valence-electron chi connectivity index (χ3n) is 20.4. The number of ketones is 3. The molecular weight excluding hydrogens is 1280 g/mol. The Morgan fingerprint density at radius 2 is 1.35 bits per heavy atom. The Hall–Kier alpha value is -6.44. The van der Waals surface area contributed by atoms with Crippen molar-refractivity contribution >= 4 is 58.7 Å². The maximum atomic E-state index is 14.9. The van der Waals surface area contributed by atoms with Gasteiger partial charge in [-0.15, -0.1) is 0 Å². The number of morpholine rings is 1. The van der Waals surface area contributed by atoms with Crippen molar-refractivity contribution < 1.29 is 80.4 Å². The zero-order valence-corrected chi connectivity index (χ0v) is 61.1. The van der Waals surface area contributed by atoms with E-state index in [1.807, 2.05) is 71.9 Å². The number of ether oxygens (including phenoxy) is 4. The molecule has 3 aliphatic rings. The van der Waals surface area contributed by atoms with E-state index in [4.69, 9.17) is 18.9 Å². The molecule has 2 saturated heterocycles. The van der Waals surface area contributed by atoms with Gasteiger partial charge in [-0.1, -0.05) is 131 Å². The summed E-state index contributed by atoms with van der Waals surface area (Å²) in [5.41, 5.74) is 1.64. The molecule has 0 bridgehead atoms. The molecule has 554 valence electrons. The van der Waals surface area contributed by atoms with Gasteiger partial charge in [0.2, 0.25) is 17.7 Å². The number of rotatable bonds is 42. The van der Waals surface area contributed by atoms with Gasteiger partial charge in [-0.25, -0.2) is 4.79 Å². The minimum atomic E-state index is -4.69. The molecule has 6 amide bonds. The molecule has 5 rings (SSSR count). The number of benzene rings is 2. The summed E-state index contributed by atoms with van der Waals surface area (Å²) in [6.45, 7) is 21.8. The van der Waals surface area contributed by atoms with Crippen molar-refractivity contribution in [3.8, 4) is 0 Å². The average Bonchev–Trinajstić information content (AvgIpc) is 1.80. The topological polar surface area (TPSA) is 251 Å². The van der Waals surface area contributed by atoms with Crippen molar-refractivity contribution in [2.75, 3.05) is 79.6 Å². The van der Waals surface area contributed by atoms with Crippen LogP contribution < -0.4 is 10.6 Å². The number of Topliss-reactive ketones (excluding diaryl/α,β-unsaturated/α-hetero) is 3. The maximum absolute atomic E-state index is 14.9. The molecule has 0 saturated carbocycles. The number of likely N-dealkylation sites (N-methyl/N-ethyl adjacent to an activating group) is 2. The predicted molar refractivity (Wildman–Crippen MR) is 371 cm³/mol. The molecule has 3 aliphatic heterocycles. The van der Waals surface area contributed by atoms with Gasteiger partial charge in [0.15, 0.2) is 11.6 Å². The number of amides is 6. The summed E-state index contributed by atoms with van der Waals surface area (Å²) in [4.78, 5) is 132. The fraction of sp³-hybridized carbons (Fsp3) is 0.693. The number of carbonyl (C=O) groups is 9. The van der Waals surface area contributed by atoms with Crippen LogP contribution in [0, 0.1) is 47.3 Å². The highest BCUT2D eigenvalue weighted by Gasteiger charge is 2.45. The van der Waals surface area contributed by atoms with E-state index in [0.29, 0.717) is 89.2 Å². The van der Waals surface area contributed by atoms with E-state index >= 15 is 0 Å². The standard InChI is InChI=1S/C75H114F3N7O14/c1-15-50(8)69(62(96-13)45-66(91)84-37-23-27-58(84)71(97-14)52(10)59(86)42-51(9)70(92)54-24-18-16-19-25-54)81(11)73(94)57(47(2)3)44-61(88)68(49(6)7)82(12)74(95)99-46-53-29-31-56(32-30-53)79-72(93)55(26-22-35-83-38-40-98-41-39-83)43-60(87)67(48(4)5)80-63(75(76,77)78)28-20-17-21-36-85-64(89)33-34-65(85)90/h16,18-19,24-25,29-34,47-52,55,57-58,62-63,67-71,80,92H,15,17,20-23,26-28,35-46H2,1-14H3,(H,79,93)/t50-,51-,52-,55+,57-,58-,62+,63+,67-,68-,69-,70+,71+/m0/s1. The third kappa shape index (κ3) is 24.4. The molecule has 3 N–H and O–H groups in total. The normalized spacial score (nSPS) is 19.1. The van der Waals surface area contributed by atoms with Gasteiger partial charge in [-0.2, -0.15) is 13.2 Å². The number of anilines is 1. The second-order valence-electron chi connectivity index (χ2n) is 28.6. The Bertz CT molecular complexity index is 2950. The summed E-state index contributed by atoms with van der Waals surface area (Å²) >= 11 is 0. The number of hydrogen-bond acceptors (Lipinski definition) is 16. The molecule has 0 aromatic heterocycles. The highest BCUT2D eigenvalue weighted by Crippen LogP contribution is 2.34. The summed E-state index contributed by atoms with van der Waals surface area (Å²) in [6, 6.07) is 10.5. The van der Waals surface area contributed by atoms with Crippen LogP contribution in [0.25, 0.3) is 0 Å². The fourth-order valence-corrected chi connectivity index (χ4v) is 14.2. The van der Waals surface area contributed by atoms with E-state index in [9.17, 15) is 61.4 Å². The third-order valence-corrected chi connectivity index (χ3v) is 20.4. The molecule has 24 heteroatoms. The quantitative estimate of drug-likeness (QED) is 0.0413. The maximum Gasteiger partial charge on any atom is 0.410 e. The highest BCUT2D eigenvalue weighted by molar-refractivity contribution is 6.12. The van der Waals surface area contributed by atoms with Gasteiger partial charge in [0.25, 0.3) is 11.8 Å². The summed E-state index contributed by atoms with van der Waals surface area (Å²) in [5.74, 6) is -6.91. The van der Waals surface area contributed by atoms with E-state index in [-0.39, 0.29) is 99.2 Å². The number of alkyl halides is 3. The van der Waals surface area contributed by atoms with Crippen LogP contribution in [0.1, 0.15) is 170 Å². The average molecular weight is 1390 g/mol. The van der Waals surface area contributed by atoms with Crippen molar-refractivity contribution in [3.63, 3.8) is 0 Å². The Kier molecular flexibility index (Phi) is 33.8. The molecule has 13 atom stereocenters. The summed E-state index contributed by atoms with van der Waals surface area (Å²) < 4.78 is 67.1. The minimum absolute atomic E-state index is 0.0616. The number of likely N-dealkylation sites (tertiary alicyclic amines) is 1. The fourth-order valence-electron chi connectivity index (χ4n) is 14.2. The van der Waals surface area contributed by atoms with E-state index in [1.54, 1.807) is 75.9 Å². The van der Waals surface area contributed by atoms with Gasteiger partial charge in [-0.05, 0) is 97.9 Å². The van der Waals surface area contributed by atoms with E-state index < -0.39 is 114 Å².